The van der Waals surface area contributed by atoms with E-state index in [9.17, 15) is 0 Å². The molecule has 0 saturated heterocycles. The molecule has 0 fully saturated rings. The molecule has 2 aliphatic rings. The summed E-state index contributed by atoms with van der Waals surface area (Å²) in [5, 5.41) is 0. The molecule has 0 saturated carbocycles. The van der Waals surface area contributed by atoms with Crippen molar-refractivity contribution in [3.63, 3.8) is 0 Å². The molecule has 0 aromatic rings. The summed E-state index contributed by atoms with van der Waals surface area (Å²) in [6, 6.07) is 0. The molecule has 0 nitrogen and oxygen atoms in total. The quantitative estimate of drug-likeness (QED) is 0.636. The van der Waals surface area contributed by atoms with Crippen molar-refractivity contribution in [3.8, 4) is 0 Å². The van der Waals surface area contributed by atoms with Crippen molar-refractivity contribution in [1.29, 1.82) is 0 Å². The van der Waals surface area contributed by atoms with Crippen molar-refractivity contribution in [3.05, 3.63) is 48.6 Å². The van der Waals surface area contributed by atoms with Crippen molar-refractivity contribution in [1.82, 2.24) is 0 Å². The second-order valence-electron chi connectivity index (χ2n) is 2.62. The van der Waals surface area contributed by atoms with E-state index in [1.54, 1.807) is 24.2 Å². The Morgan fingerprint density at radius 1 is 1.14 bits per heavy atom. The molecule has 2 aliphatic carbocycles. The summed E-state index contributed by atoms with van der Waals surface area (Å²) in [6.07, 6.45) is 21.2. The Kier molecular flexibility index (Phi) is 12.5. The van der Waals surface area contributed by atoms with Gasteiger partial charge in [0.05, 0.1) is 0 Å². The van der Waals surface area contributed by atoms with Gasteiger partial charge in [-0.05, 0) is 0 Å². The fraction of sp³-hybridized carbons (Fsp3) is 0.308. The topological polar surface area (TPSA) is 0 Å². The van der Waals surface area contributed by atoms with Crippen LogP contribution in [0, 0.1) is 12.2 Å². The molecular formula is C13H16Zr. The minimum Gasteiger partial charge on any atom is -0.273 e. The molecule has 0 atom stereocenters. The van der Waals surface area contributed by atoms with E-state index in [-0.39, 0.29) is 0 Å². The van der Waals surface area contributed by atoms with Gasteiger partial charge < -0.3 is 0 Å². The van der Waals surface area contributed by atoms with Crippen LogP contribution in [0.4, 0.5) is 0 Å². The van der Waals surface area contributed by atoms with Gasteiger partial charge in [0.1, 0.15) is 0 Å². The Morgan fingerprint density at radius 2 is 1.57 bits per heavy atom. The van der Waals surface area contributed by atoms with Crippen molar-refractivity contribution < 1.29 is 24.2 Å². The molecule has 0 unspecified atom stereocenters. The summed E-state index contributed by atoms with van der Waals surface area (Å²) in [5.41, 5.74) is 0. The first kappa shape index (κ1) is 13.7. The van der Waals surface area contributed by atoms with E-state index in [0.29, 0.717) is 0 Å². The van der Waals surface area contributed by atoms with Gasteiger partial charge in [-0.25, -0.2) is 24.3 Å². The van der Waals surface area contributed by atoms with Crippen LogP contribution in [0.3, 0.4) is 0 Å². The van der Waals surface area contributed by atoms with Crippen LogP contribution in [0.1, 0.15) is 26.2 Å². The number of hydrogen-bond donors (Lipinski definition) is 0. The van der Waals surface area contributed by atoms with Gasteiger partial charge in [0.2, 0.25) is 0 Å². The summed E-state index contributed by atoms with van der Waals surface area (Å²) in [6.45, 7) is 2.15. The Balaban J connectivity index is 0.000000183. The molecule has 0 radical (unpaired) electrons. The standard InChI is InChI=1S/2C5H5.C3H6.Zr/c2*1-2-4-5-3-1;1-3-2;/h2*1-3H,4H2;1H,3H2,2H3;/q2*-1;;+2. The summed E-state index contributed by atoms with van der Waals surface area (Å²) in [7, 11) is 0. The van der Waals surface area contributed by atoms with E-state index in [4.69, 9.17) is 0 Å². The molecule has 0 amide bonds. The van der Waals surface area contributed by atoms with Gasteiger partial charge in [0, 0.05) is 0 Å². The summed E-state index contributed by atoms with van der Waals surface area (Å²) >= 11 is 1.54. The largest absolute Gasteiger partial charge is 0.273 e. The van der Waals surface area contributed by atoms with E-state index in [2.05, 4.69) is 34.9 Å². The molecule has 0 spiro atoms. The van der Waals surface area contributed by atoms with Crippen LogP contribution in [0.25, 0.3) is 0 Å². The minimum absolute atomic E-state index is 1.01. The third kappa shape index (κ3) is 11.7. The van der Waals surface area contributed by atoms with Gasteiger partial charge in [0.25, 0.3) is 0 Å². The van der Waals surface area contributed by atoms with Gasteiger partial charge in [-0.1, -0.05) is 0 Å². The number of rotatable bonds is 1. The molecule has 14 heavy (non-hydrogen) atoms. The van der Waals surface area contributed by atoms with Crippen LogP contribution < -0.4 is 0 Å². The fourth-order valence-electron chi connectivity index (χ4n) is 0.680. The van der Waals surface area contributed by atoms with Gasteiger partial charge in [-0.15, -0.1) is 12.8 Å². The van der Waals surface area contributed by atoms with Crippen LogP contribution >= 0.6 is 0 Å². The summed E-state index contributed by atoms with van der Waals surface area (Å²) in [4.78, 5) is 0. The first-order chi connectivity index (χ1) is 6.91. The van der Waals surface area contributed by atoms with Crippen molar-refractivity contribution in [2.45, 2.75) is 26.2 Å². The minimum atomic E-state index is 1.01. The Labute approximate surface area is 102 Å². The van der Waals surface area contributed by atoms with E-state index in [1.807, 2.05) is 24.3 Å². The third-order valence-corrected chi connectivity index (χ3v) is 2.38. The predicted octanol–water partition coefficient (Wildman–Crippen LogP) is 3.36. The summed E-state index contributed by atoms with van der Waals surface area (Å²) in [5.74, 6) is 0. The Morgan fingerprint density at radius 3 is 1.64 bits per heavy atom. The molecule has 0 bridgehead atoms. The second kappa shape index (κ2) is 12.7. The van der Waals surface area contributed by atoms with Gasteiger partial charge in [0.15, 0.2) is 0 Å². The number of allylic oxidation sites excluding steroid dienone is 8. The van der Waals surface area contributed by atoms with Gasteiger partial charge in [-0.2, -0.15) is 12.2 Å². The molecular weight excluding hydrogens is 247 g/mol. The van der Waals surface area contributed by atoms with Crippen molar-refractivity contribution in [2.75, 3.05) is 0 Å². The Hall–Kier alpha value is -0.287. The van der Waals surface area contributed by atoms with Crippen LogP contribution in [0.5, 0.6) is 0 Å². The van der Waals surface area contributed by atoms with Gasteiger partial charge in [-0.3, -0.25) is 12.2 Å². The van der Waals surface area contributed by atoms with Crippen LogP contribution in [-0.2, 0) is 24.2 Å². The SMILES string of the molecule is CC[CH]=[Zr+2].[C-]1=CC=CC1.[C-]1=CC=CC1. The third-order valence-electron chi connectivity index (χ3n) is 1.38. The monoisotopic (exact) mass is 262 g/mol. The molecule has 0 heterocycles. The molecule has 0 aromatic heterocycles. The van der Waals surface area contributed by atoms with E-state index >= 15 is 0 Å². The zero-order chi connectivity index (χ0) is 10.5. The zero-order valence-electron chi connectivity index (χ0n) is 8.66. The van der Waals surface area contributed by atoms with Crippen molar-refractivity contribution in [2.24, 2.45) is 0 Å². The molecule has 72 valence electrons. The Bertz CT molecular complexity index is 190. The van der Waals surface area contributed by atoms with Crippen LogP contribution in [-0.4, -0.2) is 3.71 Å². The molecule has 0 aromatic carbocycles. The summed E-state index contributed by atoms with van der Waals surface area (Å²) < 4.78 is 2.22. The predicted molar refractivity (Wildman–Crippen MR) is 59.5 cm³/mol. The van der Waals surface area contributed by atoms with E-state index < -0.39 is 0 Å². The average Bonchev–Trinajstić information content (AvgIpc) is 2.94. The number of hydrogen-bond acceptors (Lipinski definition) is 0. The van der Waals surface area contributed by atoms with Crippen LogP contribution in [0.15, 0.2) is 36.5 Å². The maximum atomic E-state index is 2.99. The van der Waals surface area contributed by atoms with E-state index in [1.165, 1.54) is 6.42 Å². The second-order valence-corrected chi connectivity index (χ2v) is 3.62. The van der Waals surface area contributed by atoms with Gasteiger partial charge >= 0.3 is 41.3 Å². The normalized spacial score (nSPS) is 14.5. The zero-order valence-corrected chi connectivity index (χ0v) is 11.1. The molecule has 1 heteroatoms. The molecule has 0 aliphatic heterocycles. The smallest absolute Gasteiger partial charge is 0.109 e. The maximum absolute atomic E-state index is 2.99. The fourth-order valence-corrected chi connectivity index (χ4v) is 0.680. The molecule has 0 N–H and O–H groups in total. The maximum Gasteiger partial charge on any atom is -0.109 e. The molecule has 2 rings (SSSR count). The first-order valence-electron chi connectivity index (χ1n) is 4.84. The van der Waals surface area contributed by atoms with E-state index in [0.717, 1.165) is 12.8 Å². The van der Waals surface area contributed by atoms with Crippen molar-refractivity contribution >= 4 is 3.71 Å². The first-order valence-corrected chi connectivity index (χ1v) is 6.26. The average molecular weight is 263 g/mol. The van der Waals surface area contributed by atoms with Crippen LogP contribution in [0.2, 0.25) is 0 Å².